The molecule has 2 aromatic carbocycles. The first-order valence-electron chi connectivity index (χ1n) is 6.71. The minimum absolute atomic E-state index is 0.0531. The normalized spacial score (nSPS) is 24.3. The Kier molecular flexibility index (Phi) is 3.62. The Morgan fingerprint density at radius 3 is 2.26 bits per heavy atom. The van der Waals surface area contributed by atoms with E-state index in [0.717, 1.165) is 0 Å². The molecule has 0 amide bonds. The fourth-order valence-corrected chi connectivity index (χ4v) is 2.44. The van der Waals surface area contributed by atoms with Gasteiger partial charge in [0.1, 0.15) is 6.10 Å². The van der Waals surface area contributed by atoms with Crippen molar-refractivity contribution in [2.45, 2.75) is 25.2 Å². The molecule has 0 saturated carbocycles. The lowest BCUT2D eigenvalue weighted by molar-refractivity contribution is -0.0723. The van der Waals surface area contributed by atoms with Crippen molar-refractivity contribution < 1.29 is 9.47 Å². The van der Waals surface area contributed by atoms with Crippen LogP contribution in [-0.2, 0) is 9.47 Å². The van der Waals surface area contributed by atoms with Gasteiger partial charge in [-0.2, -0.15) is 0 Å². The first-order chi connectivity index (χ1) is 9.34. The lowest BCUT2D eigenvalue weighted by Gasteiger charge is -2.19. The Bertz CT molecular complexity index is 509. The highest BCUT2D eigenvalue weighted by atomic mass is 16.7. The number of hydrogen-bond acceptors (Lipinski definition) is 2. The van der Waals surface area contributed by atoms with Crippen molar-refractivity contribution in [2.75, 3.05) is 6.61 Å². The van der Waals surface area contributed by atoms with Gasteiger partial charge >= 0.3 is 0 Å². The van der Waals surface area contributed by atoms with E-state index >= 15 is 0 Å². The summed E-state index contributed by atoms with van der Waals surface area (Å²) in [6, 6.07) is 20.6. The third kappa shape index (κ3) is 2.70. The molecule has 1 aliphatic heterocycles. The molecule has 0 spiro atoms. The maximum atomic E-state index is 6.04. The van der Waals surface area contributed by atoms with Gasteiger partial charge in [-0.05, 0) is 11.1 Å². The molecule has 1 saturated heterocycles. The summed E-state index contributed by atoms with van der Waals surface area (Å²) >= 11 is 0. The summed E-state index contributed by atoms with van der Waals surface area (Å²) in [4.78, 5) is 0. The second-order valence-corrected chi connectivity index (χ2v) is 4.94. The van der Waals surface area contributed by atoms with E-state index in [2.05, 4.69) is 43.3 Å². The van der Waals surface area contributed by atoms with Gasteiger partial charge in [-0.3, -0.25) is 0 Å². The molecule has 1 heterocycles. The van der Waals surface area contributed by atoms with Crippen LogP contribution in [-0.4, -0.2) is 12.9 Å². The van der Waals surface area contributed by atoms with Crippen LogP contribution in [0.1, 0.15) is 30.1 Å². The molecule has 1 fully saturated rings. The predicted molar refractivity (Wildman–Crippen MR) is 74.9 cm³/mol. The summed E-state index contributed by atoms with van der Waals surface area (Å²) in [7, 11) is 0. The van der Waals surface area contributed by atoms with Gasteiger partial charge < -0.3 is 9.47 Å². The molecule has 0 radical (unpaired) electrons. The lowest BCUT2D eigenvalue weighted by Crippen LogP contribution is -2.17. The van der Waals surface area contributed by atoms with Crippen molar-refractivity contribution in [2.24, 2.45) is 0 Å². The smallest absolute Gasteiger partial charge is 0.165 e. The highest BCUT2D eigenvalue weighted by Gasteiger charge is 2.31. The predicted octanol–water partition coefficient (Wildman–Crippen LogP) is 3.90. The van der Waals surface area contributed by atoms with E-state index in [1.165, 1.54) is 11.1 Å². The summed E-state index contributed by atoms with van der Waals surface area (Å²) in [6.45, 7) is 2.78. The maximum Gasteiger partial charge on any atom is 0.165 e. The quantitative estimate of drug-likeness (QED) is 0.827. The Morgan fingerprint density at radius 2 is 1.58 bits per heavy atom. The molecule has 2 nitrogen and oxygen atoms in total. The Balaban J connectivity index is 1.69. The topological polar surface area (TPSA) is 18.5 Å². The molecular weight excluding hydrogens is 236 g/mol. The van der Waals surface area contributed by atoms with Crippen LogP contribution in [0.5, 0.6) is 0 Å². The van der Waals surface area contributed by atoms with E-state index < -0.39 is 0 Å². The molecule has 1 aliphatic rings. The summed E-state index contributed by atoms with van der Waals surface area (Å²) in [5.74, 6) is 0.245. The van der Waals surface area contributed by atoms with Crippen LogP contribution >= 0.6 is 0 Å². The Hall–Kier alpha value is -1.64. The highest BCUT2D eigenvalue weighted by Crippen LogP contribution is 2.33. The Morgan fingerprint density at radius 1 is 0.947 bits per heavy atom. The third-order valence-corrected chi connectivity index (χ3v) is 3.62. The highest BCUT2D eigenvalue weighted by molar-refractivity contribution is 5.21. The van der Waals surface area contributed by atoms with Gasteiger partial charge in [0.15, 0.2) is 6.29 Å². The molecule has 2 heteroatoms. The van der Waals surface area contributed by atoms with Crippen LogP contribution < -0.4 is 0 Å². The molecule has 98 valence electrons. The van der Waals surface area contributed by atoms with Gasteiger partial charge in [-0.1, -0.05) is 67.6 Å². The van der Waals surface area contributed by atoms with Gasteiger partial charge in [0.25, 0.3) is 0 Å². The maximum absolute atomic E-state index is 6.04. The SMILES string of the molecule is C[C@@H](c1ccccc1)[C@@H]1OC[C@H](c2ccccc2)O1. The average molecular weight is 254 g/mol. The lowest BCUT2D eigenvalue weighted by atomic mass is 10.0. The van der Waals surface area contributed by atoms with Crippen LogP contribution in [0.15, 0.2) is 60.7 Å². The molecule has 0 unspecified atom stereocenters. The summed E-state index contributed by atoms with van der Waals surface area (Å²) in [5.41, 5.74) is 2.44. The molecule has 19 heavy (non-hydrogen) atoms. The van der Waals surface area contributed by atoms with Crippen molar-refractivity contribution in [3.05, 3.63) is 71.8 Å². The molecule has 0 aromatic heterocycles. The van der Waals surface area contributed by atoms with Crippen molar-refractivity contribution in [3.63, 3.8) is 0 Å². The van der Waals surface area contributed by atoms with Gasteiger partial charge in [0.05, 0.1) is 6.61 Å². The van der Waals surface area contributed by atoms with E-state index in [1.807, 2.05) is 24.3 Å². The fraction of sp³-hybridized carbons (Fsp3) is 0.294. The summed E-state index contributed by atoms with van der Waals surface area (Å²) in [5, 5.41) is 0. The second-order valence-electron chi connectivity index (χ2n) is 4.94. The van der Waals surface area contributed by atoms with E-state index in [9.17, 15) is 0 Å². The molecule has 3 atom stereocenters. The number of ether oxygens (including phenoxy) is 2. The van der Waals surface area contributed by atoms with Crippen LogP contribution in [0.4, 0.5) is 0 Å². The van der Waals surface area contributed by atoms with Gasteiger partial charge in [-0.15, -0.1) is 0 Å². The molecule has 0 bridgehead atoms. The van der Waals surface area contributed by atoms with Gasteiger partial charge in [-0.25, -0.2) is 0 Å². The zero-order valence-corrected chi connectivity index (χ0v) is 11.0. The zero-order valence-electron chi connectivity index (χ0n) is 11.0. The first-order valence-corrected chi connectivity index (χ1v) is 6.71. The number of rotatable bonds is 3. The van der Waals surface area contributed by atoms with Crippen molar-refractivity contribution in [1.82, 2.24) is 0 Å². The van der Waals surface area contributed by atoms with Crippen LogP contribution in [0.2, 0.25) is 0 Å². The number of hydrogen-bond donors (Lipinski definition) is 0. The minimum atomic E-state index is -0.160. The minimum Gasteiger partial charge on any atom is -0.349 e. The average Bonchev–Trinajstić information content (AvgIpc) is 2.98. The first kappa shape index (κ1) is 12.4. The van der Waals surface area contributed by atoms with Crippen molar-refractivity contribution in [3.8, 4) is 0 Å². The van der Waals surface area contributed by atoms with E-state index in [0.29, 0.717) is 6.61 Å². The van der Waals surface area contributed by atoms with Crippen molar-refractivity contribution >= 4 is 0 Å². The van der Waals surface area contributed by atoms with E-state index in [4.69, 9.17) is 9.47 Å². The van der Waals surface area contributed by atoms with Gasteiger partial charge in [0.2, 0.25) is 0 Å². The third-order valence-electron chi connectivity index (χ3n) is 3.62. The van der Waals surface area contributed by atoms with Gasteiger partial charge in [0, 0.05) is 5.92 Å². The van der Waals surface area contributed by atoms with E-state index in [1.54, 1.807) is 0 Å². The van der Waals surface area contributed by atoms with Crippen LogP contribution in [0.3, 0.4) is 0 Å². The van der Waals surface area contributed by atoms with Crippen molar-refractivity contribution in [1.29, 1.82) is 0 Å². The van der Waals surface area contributed by atoms with Crippen LogP contribution in [0, 0.1) is 0 Å². The molecule has 0 aliphatic carbocycles. The fourth-order valence-electron chi connectivity index (χ4n) is 2.44. The second kappa shape index (κ2) is 5.55. The molecule has 0 N–H and O–H groups in total. The standard InChI is InChI=1S/C17H18O2/c1-13(14-8-4-2-5-9-14)17-18-12-16(19-17)15-10-6-3-7-11-15/h2-11,13,16-17H,12H2,1H3/t13-,16+,17+/m0/s1. The largest absolute Gasteiger partial charge is 0.349 e. The molecule has 2 aromatic rings. The number of benzene rings is 2. The Labute approximate surface area is 114 Å². The van der Waals surface area contributed by atoms with Crippen LogP contribution in [0.25, 0.3) is 0 Å². The zero-order chi connectivity index (χ0) is 13.1. The molecular formula is C17H18O2. The summed E-state index contributed by atoms with van der Waals surface area (Å²) < 4.78 is 11.9. The summed E-state index contributed by atoms with van der Waals surface area (Å²) in [6.07, 6.45) is -0.107. The molecule has 3 rings (SSSR count). The van der Waals surface area contributed by atoms with E-state index in [-0.39, 0.29) is 18.3 Å². The monoisotopic (exact) mass is 254 g/mol.